The number of aliphatic hydroxyl groups is 1. The van der Waals surface area contributed by atoms with Crippen LogP contribution in [0.2, 0.25) is 0 Å². The van der Waals surface area contributed by atoms with Gasteiger partial charge in [-0.1, -0.05) is 0 Å². The van der Waals surface area contributed by atoms with Gasteiger partial charge in [-0.25, -0.2) is 4.98 Å². The van der Waals surface area contributed by atoms with Gasteiger partial charge in [-0.3, -0.25) is 4.79 Å². The minimum atomic E-state index is -3.81. The second-order valence-electron chi connectivity index (χ2n) is 4.50. The molecule has 1 aliphatic rings. The third-order valence-electron chi connectivity index (χ3n) is 3.25. The highest BCUT2D eigenvalue weighted by Crippen LogP contribution is 2.44. The number of rotatable bonds is 4. The van der Waals surface area contributed by atoms with Gasteiger partial charge >= 0.3 is 5.92 Å². The summed E-state index contributed by atoms with van der Waals surface area (Å²) in [5.74, 6) is -5.03. The second kappa shape index (κ2) is 4.73. The van der Waals surface area contributed by atoms with E-state index in [0.29, 0.717) is 12.3 Å². The number of alkyl halides is 2. The zero-order chi connectivity index (χ0) is 14.1. The highest BCUT2D eigenvalue weighted by Gasteiger charge is 2.61. The van der Waals surface area contributed by atoms with Gasteiger partial charge in [0.1, 0.15) is 5.60 Å². The van der Waals surface area contributed by atoms with E-state index < -0.39 is 17.4 Å². The minimum absolute atomic E-state index is 0.0751. The van der Waals surface area contributed by atoms with Crippen LogP contribution in [-0.2, 0) is 4.79 Å². The molecule has 0 bridgehead atoms. The Hall–Kier alpha value is -1.76. The fraction of sp³-hybridized carbons (Fsp3) is 0.500. The monoisotopic (exact) mass is 272 g/mol. The summed E-state index contributed by atoms with van der Waals surface area (Å²) < 4.78 is 32.4. The summed E-state index contributed by atoms with van der Waals surface area (Å²) in [4.78, 5) is 15.3. The lowest BCUT2D eigenvalue weighted by Gasteiger charge is -2.41. The minimum Gasteiger partial charge on any atom is -0.481 e. The molecule has 0 spiro atoms. The first-order valence-corrected chi connectivity index (χ1v) is 5.81. The van der Waals surface area contributed by atoms with E-state index in [0.717, 1.165) is 0 Å². The number of pyridine rings is 1. The molecule has 104 valence electrons. The number of anilines is 1. The molecule has 7 heteroatoms. The number of nitrogens with zero attached hydrogens (tertiary/aromatic N) is 1. The van der Waals surface area contributed by atoms with E-state index >= 15 is 0 Å². The van der Waals surface area contributed by atoms with E-state index in [9.17, 15) is 18.7 Å². The van der Waals surface area contributed by atoms with Crippen molar-refractivity contribution in [1.82, 2.24) is 4.98 Å². The average Bonchev–Trinajstić information content (AvgIpc) is 2.36. The van der Waals surface area contributed by atoms with Crippen LogP contribution >= 0.6 is 0 Å². The van der Waals surface area contributed by atoms with Crippen LogP contribution in [0.25, 0.3) is 0 Å². The molecule has 1 aromatic heterocycles. The van der Waals surface area contributed by atoms with Gasteiger partial charge in [0.25, 0.3) is 5.91 Å². The summed E-state index contributed by atoms with van der Waals surface area (Å²) in [5, 5.41) is 11.7. The molecule has 19 heavy (non-hydrogen) atoms. The average molecular weight is 272 g/mol. The first kappa shape index (κ1) is 13.7. The van der Waals surface area contributed by atoms with Crippen molar-refractivity contribution in [2.24, 2.45) is 0 Å². The SMILES string of the molecule is COc1ccc(NC(=O)C(F)(F)C2(O)CCC2)cn1. The quantitative estimate of drug-likeness (QED) is 0.873. The third kappa shape index (κ3) is 2.37. The van der Waals surface area contributed by atoms with Crippen molar-refractivity contribution in [3.05, 3.63) is 18.3 Å². The van der Waals surface area contributed by atoms with Crippen LogP contribution in [0.4, 0.5) is 14.5 Å². The number of nitrogens with one attached hydrogen (secondary N) is 1. The predicted octanol–water partition coefficient (Wildman–Crippen LogP) is 1.58. The summed E-state index contributed by atoms with van der Waals surface area (Å²) in [6, 6.07) is 2.83. The van der Waals surface area contributed by atoms with Gasteiger partial charge in [0, 0.05) is 6.07 Å². The number of halogens is 2. The lowest BCUT2D eigenvalue weighted by molar-refractivity contribution is -0.212. The topological polar surface area (TPSA) is 71.5 Å². The zero-order valence-electron chi connectivity index (χ0n) is 10.3. The molecule has 1 aliphatic carbocycles. The lowest BCUT2D eigenvalue weighted by atomic mass is 9.75. The van der Waals surface area contributed by atoms with E-state index in [1.807, 2.05) is 5.32 Å². The Kier molecular flexibility index (Phi) is 3.40. The lowest BCUT2D eigenvalue weighted by Crippen LogP contribution is -2.59. The molecule has 1 saturated carbocycles. The molecule has 1 heterocycles. The third-order valence-corrected chi connectivity index (χ3v) is 3.25. The number of hydrogen-bond acceptors (Lipinski definition) is 4. The van der Waals surface area contributed by atoms with Crippen LogP contribution in [0, 0.1) is 0 Å². The summed E-state index contributed by atoms with van der Waals surface area (Å²) in [6.45, 7) is 0. The predicted molar refractivity (Wildman–Crippen MR) is 63.2 cm³/mol. The molecule has 0 saturated heterocycles. The van der Waals surface area contributed by atoms with E-state index in [4.69, 9.17) is 4.74 Å². The number of aromatic nitrogens is 1. The highest BCUT2D eigenvalue weighted by atomic mass is 19.3. The maximum absolute atomic E-state index is 13.8. The summed E-state index contributed by atoms with van der Waals surface area (Å²) in [6.07, 6.45) is 1.55. The van der Waals surface area contributed by atoms with Crippen molar-refractivity contribution in [3.8, 4) is 5.88 Å². The standard InChI is InChI=1S/C12H14F2N2O3/c1-19-9-4-3-8(7-15-9)16-10(17)12(13,14)11(18)5-2-6-11/h3-4,7,18H,2,5-6H2,1H3,(H,16,17). The largest absolute Gasteiger partial charge is 0.481 e. The van der Waals surface area contributed by atoms with E-state index in [-0.39, 0.29) is 18.5 Å². The van der Waals surface area contributed by atoms with E-state index in [1.165, 1.54) is 25.4 Å². The molecule has 0 aromatic carbocycles. The Morgan fingerprint density at radius 3 is 2.63 bits per heavy atom. The first-order chi connectivity index (χ1) is 8.89. The van der Waals surface area contributed by atoms with Gasteiger partial charge in [-0.15, -0.1) is 0 Å². The molecule has 0 atom stereocenters. The number of hydrogen-bond donors (Lipinski definition) is 2. The van der Waals surface area contributed by atoms with Crippen molar-refractivity contribution >= 4 is 11.6 Å². The van der Waals surface area contributed by atoms with Crippen molar-refractivity contribution in [3.63, 3.8) is 0 Å². The molecule has 1 amide bonds. The number of methoxy groups -OCH3 is 1. The number of amides is 1. The highest BCUT2D eigenvalue weighted by molar-refractivity contribution is 5.97. The van der Waals surface area contributed by atoms with Gasteiger partial charge < -0.3 is 15.2 Å². The van der Waals surface area contributed by atoms with E-state index in [2.05, 4.69) is 4.98 Å². The van der Waals surface area contributed by atoms with Crippen molar-refractivity contribution in [2.75, 3.05) is 12.4 Å². The molecule has 0 aliphatic heterocycles. The molecule has 1 aromatic rings. The van der Waals surface area contributed by atoms with Crippen LogP contribution in [0.3, 0.4) is 0 Å². The molecule has 1 fully saturated rings. The normalized spacial score (nSPS) is 17.5. The summed E-state index contributed by atoms with van der Waals surface area (Å²) in [7, 11) is 1.42. The summed E-state index contributed by atoms with van der Waals surface area (Å²) in [5.41, 5.74) is -2.11. The fourth-order valence-corrected chi connectivity index (χ4v) is 1.82. The van der Waals surface area contributed by atoms with Crippen LogP contribution in [0.1, 0.15) is 19.3 Å². The molecule has 2 rings (SSSR count). The first-order valence-electron chi connectivity index (χ1n) is 5.81. The van der Waals surface area contributed by atoms with Gasteiger partial charge in [0.05, 0.1) is 19.0 Å². The van der Waals surface area contributed by atoms with Gasteiger partial charge in [0.2, 0.25) is 5.88 Å². The zero-order valence-corrected chi connectivity index (χ0v) is 10.3. The second-order valence-corrected chi connectivity index (χ2v) is 4.50. The van der Waals surface area contributed by atoms with Crippen molar-refractivity contribution in [2.45, 2.75) is 30.8 Å². The van der Waals surface area contributed by atoms with Crippen LogP contribution in [-0.4, -0.2) is 34.6 Å². The maximum atomic E-state index is 13.8. The molecule has 2 N–H and O–H groups in total. The van der Waals surface area contributed by atoms with E-state index in [1.54, 1.807) is 0 Å². The van der Waals surface area contributed by atoms with Gasteiger partial charge in [0.15, 0.2) is 0 Å². The number of carbonyl (C=O) groups is 1. The van der Waals surface area contributed by atoms with Gasteiger partial charge in [-0.2, -0.15) is 8.78 Å². The molecule has 5 nitrogen and oxygen atoms in total. The van der Waals surface area contributed by atoms with Crippen molar-refractivity contribution < 1.29 is 23.4 Å². The fourth-order valence-electron chi connectivity index (χ4n) is 1.82. The number of ether oxygens (including phenoxy) is 1. The Bertz CT molecular complexity index is 472. The van der Waals surface area contributed by atoms with Crippen LogP contribution in [0.15, 0.2) is 18.3 Å². The maximum Gasteiger partial charge on any atom is 0.352 e. The van der Waals surface area contributed by atoms with Gasteiger partial charge in [-0.05, 0) is 25.3 Å². The van der Waals surface area contributed by atoms with Crippen molar-refractivity contribution in [1.29, 1.82) is 0 Å². The Morgan fingerprint density at radius 2 is 2.21 bits per heavy atom. The Labute approximate surface area is 108 Å². The molecular weight excluding hydrogens is 258 g/mol. The molecular formula is C12H14F2N2O3. The number of carbonyl (C=O) groups excluding carboxylic acids is 1. The molecule has 0 unspecified atom stereocenters. The smallest absolute Gasteiger partial charge is 0.352 e. The summed E-state index contributed by atoms with van der Waals surface area (Å²) >= 11 is 0. The molecule has 0 radical (unpaired) electrons. The Morgan fingerprint density at radius 1 is 1.53 bits per heavy atom. The Balaban J connectivity index is 2.07. The van der Waals surface area contributed by atoms with Crippen LogP contribution in [0.5, 0.6) is 5.88 Å². The van der Waals surface area contributed by atoms with Crippen LogP contribution < -0.4 is 10.1 Å².